The van der Waals surface area contributed by atoms with Crippen LogP contribution in [0.25, 0.3) is 11.4 Å². The second kappa shape index (κ2) is 7.72. The van der Waals surface area contributed by atoms with E-state index in [9.17, 15) is 13.2 Å². The fraction of sp³-hybridized carbons (Fsp3) is 0.304. The van der Waals surface area contributed by atoms with Crippen molar-refractivity contribution in [2.45, 2.75) is 49.2 Å². The molecule has 0 saturated heterocycles. The van der Waals surface area contributed by atoms with Gasteiger partial charge >= 0.3 is 0 Å². The number of sulfone groups is 1. The van der Waals surface area contributed by atoms with E-state index >= 15 is 0 Å². The van der Waals surface area contributed by atoms with Gasteiger partial charge in [-0.2, -0.15) is 0 Å². The Morgan fingerprint density at radius 3 is 2.40 bits per heavy atom. The van der Waals surface area contributed by atoms with Crippen LogP contribution in [0.15, 0.2) is 59.8 Å². The Labute approximate surface area is 176 Å². The van der Waals surface area contributed by atoms with E-state index in [0.717, 1.165) is 29.8 Å². The lowest BCUT2D eigenvalue weighted by Crippen LogP contribution is -2.47. The van der Waals surface area contributed by atoms with Crippen molar-refractivity contribution in [3.05, 3.63) is 66.0 Å². The van der Waals surface area contributed by atoms with Gasteiger partial charge in [-0.1, -0.05) is 25.0 Å². The van der Waals surface area contributed by atoms with E-state index in [1.54, 1.807) is 43.6 Å². The molecule has 2 N–H and O–H groups in total. The highest BCUT2D eigenvalue weighted by atomic mass is 32.2. The SMILES string of the molecule is Cc1ccc(C)c(S(=O)(=O)C2(C(=O)Nc3ccc(-c4ncc[nH]4)cc3)CCCC2)c1. The summed E-state index contributed by atoms with van der Waals surface area (Å²) < 4.78 is 26.0. The summed E-state index contributed by atoms with van der Waals surface area (Å²) in [7, 11) is -3.84. The number of nitrogens with zero attached hydrogens (tertiary/aromatic N) is 1. The molecule has 0 radical (unpaired) electrons. The third-order valence-electron chi connectivity index (χ3n) is 5.89. The molecule has 1 aliphatic rings. The number of aromatic amines is 1. The van der Waals surface area contributed by atoms with Gasteiger partial charge in [0, 0.05) is 23.6 Å². The number of aryl methyl sites for hydroxylation is 2. The third-order valence-corrected chi connectivity index (χ3v) is 8.53. The Morgan fingerprint density at radius 1 is 1.07 bits per heavy atom. The second-order valence-corrected chi connectivity index (χ2v) is 10.2. The quantitative estimate of drug-likeness (QED) is 0.635. The van der Waals surface area contributed by atoms with Gasteiger partial charge in [0.2, 0.25) is 5.91 Å². The number of nitrogens with one attached hydrogen (secondary N) is 2. The number of amides is 1. The van der Waals surface area contributed by atoms with Crippen LogP contribution in [-0.2, 0) is 14.6 Å². The van der Waals surface area contributed by atoms with Gasteiger partial charge < -0.3 is 10.3 Å². The van der Waals surface area contributed by atoms with Crippen molar-refractivity contribution in [1.29, 1.82) is 0 Å². The van der Waals surface area contributed by atoms with Crippen LogP contribution in [0.2, 0.25) is 0 Å². The lowest BCUT2D eigenvalue weighted by Gasteiger charge is -2.28. The number of H-pyrrole nitrogens is 1. The molecule has 30 heavy (non-hydrogen) atoms. The standard InChI is InChI=1S/C23H25N3O3S/c1-16-5-6-17(2)20(15-16)30(28,29)23(11-3-4-12-23)22(27)26-19-9-7-18(8-10-19)21-24-13-14-25-21/h5-10,13-15H,3-4,11-12H2,1-2H3,(H,24,25)(H,26,27). The molecule has 7 heteroatoms. The van der Waals surface area contributed by atoms with Crippen molar-refractivity contribution in [2.75, 3.05) is 5.32 Å². The number of imidazole rings is 1. The molecule has 1 fully saturated rings. The summed E-state index contributed by atoms with van der Waals surface area (Å²) >= 11 is 0. The Morgan fingerprint density at radius 2 is 1.77 bits per heavy atom. The van der Waals surface area contributed by atoms with E-state index in [1.807, 2.05) is 25.1 Å². The van der Waals surface area contributed by atoms with Crippen LogP contribution in [0.4, 0.5) is 5.69 Å². The summed E-state index contributed by atoms with van der Waals surface area (Å²) in [5.41, 5.74) is 2.98. The molecule has 4 rings (SSSR count). The number of hydrogen-bond donors (Lipinski definition) is 2. The maximum absolute atomic E-state index is 13.7. The van der Waals surface area contributed by atoms with Gasteiger partial charge in [-0.25, -0.2) is 13.4 Å². The van der Waals surface area contributed by atoms with Crippen LogP contribution in [0.3, 0.4) is 0 Å². The lowest BCUT2D eigenvalue weighted by molar-refractivity contribution is -0.118. The van der Waals surface area contributed by atoms with Crippen molar-refractivity contribution < 1.29 is 13.2 Å². The van der Waals surface area contributed by atoms with Crippen LogP contribution >= 0.6 is 0 Å². The summed E-state index contributed by atoms with van der Waals surface area (Å²) in [5.74, 6) is 0.282. The molecule has 6 nitrogen and oxygen atoms in total. The van der Waals surface area contributed by atoms with E-state index < -0.39 is 20.5 Å². The fourth-order valence-corrected chi connectivity index (χ4v) is 6.53. The smallest absolute Gasteiger partial charge is 0.246 e. The van der Waals surface area contributed by atoms with E-state index in [4.69, 9.17) is 0 Å². The molecule has 0 unspecified atom stereocenters. The molecule has 0 bridgehead atoms. The minimum Gasteiger partial charge on any atom is -0.345 e. The molecule has 1 amide bonds. The first kappa shape index (κ1) is 20.3. The fourth-order valence-electron chi connectivity index (χ4n) is 4.15. The molecule has 0 atom stereocenters. The summed E-state index contributed by atoms with van der Waals surface area (Å²) in [5, 5.41) is 2.86. The molecule has 1 aliphatic carbocycles. The Bertz CT molecular complexity index is 1160. The van der Waals surface area contributed by atoms with Crippen LogP contribution in [-0.4, -0.2) is 29.0 Å². The van der Waals surface area contributed by atoms with Crippen molar-refractivity contribution in [3.63, 3.8) is 0 Å². The lowest BCUT2D eigenvalue weighted by atomic mass is 10.1. The number of hydrogen-bond acceptors (Lipinski definition) is 4. The first-order valence-corrected chi connectivity index (χ1v) is 11.5. The summed E-state index contributed by atoms with van der Waals surface area (Å²) in [6.45, 7) is 3.64. The zero-order chi connectivity index (χ0) is 21.4. The van der Waals surface area contributed by atoms with Gasteiger partial charge in [0.05, 0.1) is 4.90 Å². The topological polar surface area (TPSA) is 91.9 Å². The molecule has 2 aromatic carbocycles. The number of carbonyl (C=O) groups is 1. The molecule has 3 aromatic rings. The minimum atomic E-state index is -3.84. The highest BCUT2D eigenvalue weighted by Gasteiger charge is 2.53. The highest BCUT2D eigenvalue weighted by molar-refractivity contribution is 7.93. The Balaban J connectivity index is 1.65. The van der Waals surface area contributed by atoms with E-state index in [1.165, 1.54) is 0 Å². The molecule has 1 heterocycles. The van der Waals surface area contributed by atoms with Gasteiger partial charge in [0.1, 0.15) is 5.82 Å². The van der Waals surface area contributed by atoms with Crippen LogP contribution in [0.5, 0.6) is 0 Å². The number of benzene rings is 2. The van der Waals surface area contributed by atoms with Crippen LogP contribution in [0, 0.1) is 13.8 Å². The Hall–Kier alpha value is -2.93. The monoisotopic (exact) mass is 423 g/mol. The summed E-state index contributed by atoms with van der Waals surface area (Å²) in [6.07, 6.45) is 5.52. The Kier molecular flexibility index (Phi) is 5.24. The molecular weight excluding hydrogens is 398 g/mol. The number of rotatable bonds is 5. The second-order valence-electron chi connectivity index (χ2n) is 7.94. The number of anilines is 1. The minimum absolute atomic E-state index is 0.257. The van der Waals surface area contributed by atoms with Crippen LogP contribution < -0.4 is 5.32 Å². The van der Waals surface area contributed by atoms with Gasteiger partial charge in [-0.05, 0) is 68.1 Å². The number of carbonyl (C=O) groups excluding carboxylic acids is 1. The van der Waals surface area contributed by atoms with E-state index in [2.05, 4.69) is 15.3 Å². The van der Waals surface area contributed by atoms with Crippen molar-refractivity contribution in [1.82, 2.24) is 9.97 Å². The summed E-state index contributed by atoms with van der Waals surface area (Å²) in [6, 6.07) is 12.6. The average molecular weight is 424 g/mol. The predicted molar refractivity (Wildman–Crippen MR) is 117 cm³/mol. The normalized spacial score (nSPS) is 15.8. The first-order chi connectivity index (χ1) is 14.3. The van der Waals surface area contributed by atoms with Crippen molar-refractivity contribution in [2.24, 2.45) is 0 Å². The predicted octanol–water partition coefficient (Wildman–Crippen LogP) is 4.42. The van der Waals surface area contributed by atoms with Gasteiger partial charge in [0.15, 0.2) is 14.6 Å². The maximum Gasteiger partial charge on any atom is 0.246 e. The zero-order valence-electron chi connectivity index (χ0n) is 17.1. The van der Waals surface area contributed by atoms with E-state index in [0.29, 0.717) is 24.1 Å². The molecule has 1 aromatic heterocycles. The van der Waals surface area contributed by atoms with Gasteiger partial charge in [-0.15, -0.1) is 0 Å². The third kappa shape index (κ3) is 3.43. The average Bonchev–Trinajstić information content (AvgIpc) is 3.43. The van der Waals surface area contributed by atoms with Crippen molar-refractivity contribution in [3.8, 4) is 11.4 Å². The maximum atomic E-state index is 13.7. The molecular formula is C23H25N3O3S. The molecule has 0 aliphatic heterocycles. The first-order valence-electron chi connectivity index (χ1n) is 10.1. The number of aromatic nitrogens is 2. The molecule has 156 valence electrons. The van der Waals surface area contributed by atoms with Gasteiger partial charge in [-0.3, -0.25) is 4.79 Å². The van der Waals surface area contributed by atoms with Crippen molar-refractivity contribution >= 4 is 21.4 Å². The highest BCUT2D eigenvalue weighted by Crippen LogP contribution is 2.42. The van der Waals surface area contributed by atoms with Gasteiger partial charge in [0.25, 0.3) is 0 Å². The zero-order valence-corrected chi connectivity index (χ0v) is 17.9. The largest absolute Gasteiger partial charge is 0.345 e. The molecule has 0 spiro atoms. The van der Waals surface area contributed by atoms with Crippen LogP contribution in [0.1, 0.15) is 36.8 Å². The summed E-state index contributed by atoms with van der Waals surface area (Å²) in [4.78, 5) is 20.9. The van der Waals surface area contributed by atoms with E-state index in [-0.39, 0.29) is 4.90 Å². The molecule has 1 saturated carbocycles.